The monoisotopic (exact) mass is 234 g/mol. The molecule has 2 nitrogen and oxygen atoms in total. The quantitative estimate of drug-likeness (QED) is 0.868. The van der Waals surface area contributed by atoms with E-state index < -0.39 is 0 Å². The molecule has 0 spiro atoms. The van der Waals surface area contributed by atoms with Crippen LogP contribution in [0.15, 0.2) is 30.3 Å². The predicted molar refractivity (Wildman–Crippen MR) is 69.1 cm³/mol. The van der Waals surface area contributed by atoms with E-state index in [1.807, 2.05) is 6.07 Å². The summed E-state index contributed by atoms with van der Waals surface area (Å²) >= 11 is 0. The molecule has 17 heavy (non-hydrogen) atoms. The molecule has 94 valence electrons. The fourth-order valence-corrected chi connectivity index (χ4v) is 2.87. The summed E-state index contributed by atoms with van der Waals surface area (Å²) in [7, 11) is 0. The van der Waals surface area contributed by atoms with Gasteiger partial charge in [-0.15, -0.1) is 0 Å². The maximum Gasteiger partial charge on any atom is 0.0638 e. The third kappa shape index (κ3) is 2.53. The first-order valence-electron chi connectivity index (χ1n) is 6.61. The Labute approximate surface area is 104 Å². The van der Waals surface area contributed by atoms with Gasteiger partial charge >= 0.3 is 0 Å². The molecule has 1 aromatic rings. The number of benzene rings is 1. The van der Waals surface area contributed by atoms with Gasteiger partial charge < -0.3 is 9.84 Å². The number of aliphatic hydroxyl groups is 1. The van der Waals surface area contributed by atoms with Crippen LogP contribution >= 0.6 is 0 Å². The lowest BCUT2D eigenvalue weighted by atomic mass is 9.69. The Morgan fingerprint density at radius 2 is 1.88 bits per heavy atom. The lowest BCUT2D eigenvalue weighted by molar-refractivity contribution is -0.0190. The van der Waals surface area contributed by atoms with E-state index in [0.29, 0.717) is 0 Å². The highest BCUT2D eigenvalue weighted by Gasteiger charge is 2.40. The largest absolute Gasteiger partial charge is 0.392 e. The number of ether oxygens (including phenoxy) is 1. The Balaban J connectivity index is 2.29. The van der Waals surface area contributed by atoms with Crippen molar-refractivity contribution in [2.24, 2.45) is 0 Å². The summed E-state index contributed by atoms with van der Waals surface area (Å²) in [6, 6.07) is 10.4. The second-order valence-electron chi connectivity index (χ2n) is 4.94. The van der Waals surface area contributed by atoms with Gasteiger partial charge in [0.05, 0.1) is 6.10 Å². The minimum Gasteiger partial charge on any atom is -0.392 e. The van der Waals surface area contributed by atoms with Gasteiger partial charge in [0.25, 0.3) is 0 Å². The molecule has 1 aromatic carbocycles. The van der Waals surface area contributed by atoms with Crippen molar-refractivity contribution in [3.8, 4) is 0 Å². The first kappa shape index (κ1) is 12.6. The fourth-order valence-electron chi connectivity index (χ4n) is 2.87. The van der Waals surface area contributed by atoms with Crippen molar-refractivity contribution in [1.29, 1.82) is 0 Å². The van der Waals surface area contributed by atoms with Gasteiger partial charge in [0, 0.05) is 18.6 Å². The third-order valence-electron chi connectivity index (χ3n) is 3.93. The molecule has 1 saturated heterocycles. The minimum atomic E-state index is -0.251. The number of hydrogen-bond donors (Lipinski definition) is 1. The maximum absolute atomic E-state index is 10.5. The van der Waals surface area contributed by atoms with Gasteiger partial charge in [-0.25, -0.2) is 0 Å². The highest BCUT2D eigenvalue weighted by atomic mass is 16.5. The Morgan fingerprint density at radius 3 is 2.47 bits per heavy atom. The lowest BCUT2D eigenvalue weighted by Gasteiger charge is -2.41. The highest BCUT2D eigenvalue weighted by molar-refractivity contribution is 5.27. The molecular weight excluding hydrogens is 212 g/mol. The SMILES string of the molecule is CCCC(O)C1(c2ccccc2)CCOCC1. The second-order valence-corrected chi connectivity index (χ2v) is 4.94. The van der Waals surface area contributed by atoms with E-state index in [2.05, 4.69) is 31.2 Å². The van der Waals surface area contributed by atoms with Crippen molar-refractivity contribution in [2.45, 2.75) is 44.1 Å². The van der Waals surface area contributed by atoms with Crippen LogP contribution in [0.25, 0.3) is 0 Å². The average Bonchev–Trinajstić information content (AvgIpc) is 2.41. The summed E-state index contributed by atoms with van der Waals surface area (Å²) in [6.45, 7) is 3.65. The van der Waals surface area contributed by atoms with Crippen LogP contribution < -0.4 is 0 Å². The van der Waals surface area contributed by atoms with E-state index in [4.69, 9.17) is 4.74 Å². The molecule has 0 radical (unpaired) electrons. The number of rotatable bonds is 4. The summed E-state index contributed by atoms with van der Waals surface area (Å²) in [6.07, 6.45) is 3.50. The second kappa shape index (κ2) is 5.65. The summed E-state index contributed by atoms with van der Waals surface area (Å²) in [5, 5.41) is 10.5. The maximum atomic E-state index is 10.5. The van der Waals surface area contributed by atoms with Crippen LogP contribution in [0.4, 0.5) is 0 Å². The molecule has 1 N–H and O–H groups in total. The first-order chi connectivity index (χ1) is 8.29. The third-order valence-corrected chi connectivity index (χ3v) is 3.93. The van der Waals surface area contributed by atoms with Crippen LogP contribution in [-0.4, -0.2) is 24.4 Å². The summed E-state index contributed by atoms with van der Waals surface area (Å²) in [4.78, 5) is 0. The summed E-state index contributed by atoms with van der Waals surface area (Å²) in [5.41, 5.74) is 1.18. The Morgan fingerprint density at radius 1 is 1.24 bits per heavy atom. The van der Waals surface area contributed by atoms with Crippen molar-refractivity contribution in [3.63, 3.8) is 0 Å². The molecule has 1 heterocycles. The zero-order valence-corrected chi connectivity index (χ0v) is 10.6. The molecule has 1 atom stereocenters. The van der Waals surface area contributed by atoms with Gasteiger partial charge in [-0.2, -0.15) is 0 Å². The molecule has 1 aliphatic heterocycles. The molecule has 1 fully saturated rings. The summed E-state index contributed by atoms with van der Waals surface area (Å²) in [5.74, 6) is 0. The average molecular weight is 234 g/mol. The van der Waals surface area contributed by atoms with Crippen molar-refractivity contribution in [3.05, 3.63) is 35.9 Å². The van der Waals surface area contributed by atoms with E-state index in [1.54, 1.807) is 0 Å². The zero-order valence-electron chi connectivity index (χ0n) is 10.6. The molecule has 1 aliphatic rings. The van der Waals surface area contributed by atoms with E-state index in [9.17, 15) is 5.11 Å². The lowest BCUT2D eigenvalue weighted by Crippen LogP contribution is -2.44. The van der Waals surface area contributed by atoms with Crippen molar-refractivity contribution in [1.82, 2.24) is 0 Å². The normalized spacial score (nSPS) is 21.1. The van der Waals surface area contributed by atoms with Gasteiger partial charge in [-0.05, 0) is 24.8 Å². The molecule has 0 saturated carbocycles. The van der Waals surface area contributed by atoms with Gasteiger partial charge in [0.2, 0.25) is 0 Å². The Hall–Kier alpha value is -0.860. The van der Waals surface area contributed by atoms with Gasteiger partial charge in [0.1, 0.15) is 0 Å². The van der Waals surface area contributed by atoms with Crippen molar-refractivity contribution in [2.75, 3.05) is 13.2 Å². The predicted octanol–water partition coefficient (Wildman–Crippen LogP) is 2.90. The Kier molecular flexibility index (Phi) is 4.19. The molecular formula is C15H22O2. The molecule has 2 heteroatoms. The minimum absolute atomic E-state index is 0.0878. The smallest absolute Gasteiger partial charge is 0.0638 e. The molecule has 0 bridgehead atoms. The topological polar surface area (TPSA) is 29.5 Å². The summed E-state index contributed by atoms with van der Waals surface area (Å²) < 4.78 is 5.46. The van der Waals surface area contributed by atoms with Gasteiger partial charge in [-0.1, -0.05) is 43.7 Å². The highest BCUT2D eigenvalue weighted by Crippen LogP contribution is 2.39. The zero-order chi connectivity index (χ0) is 12.1. The number of aliphatic hydroxyl groups excluding tert-OH is 1. The number of hydrogen-bond acceptors (Lipinski definition) is 2. The van der Waals surface area contributed by atoms with E-state index >= 15 is 0 Å². The van der Waals surface area contributed by atoms with E-state index in [0.717, 1.165) is 38.9 Å². The van der Waals surface area contributed by atoms with Gasteiger partial charge in [0.15, 0.2) is 0 Å². The van der Waals surface area contributed by atoms with Crippen molar-refractivity contribution < 1.29 is 9.84 Å². The fraction of sp³-hybridized carbons (Fsp3) is 0.600. The van der Waals surface area contributed by atoms with Crippen LogP contribution in [0, 0.1) is 0 Å². The molecule has 2 rings (SSSR count). The van der Waals surface area contributed by atoms with Crippen LogP contribution in [0.5, 0.6) is 0 Å². The van der Waals surface area contributed by atoms with Crippen LogP contribution in [0.1, 0.15) is 38.2 Å². The van der Waals surface area contributed by atoms with Gasteiger partial charge in [-0.3, -0.25) is 0 Å². The standard InChI is InChI=1S/C15H22O2/c1-2-6-14(16)15(9-11-17-12-10-15)13-7-4-3-5-8-13/h3-5,7-8,14,16H,2,6,9-12H2,1H3. The van der Waals surface area contributed by atoms with E-state index in [-0.39, 0.29) is 11.5 Å². The van der Waals surface area contributed by atoms with Crippen LogP contribution in [-0.2, 0) is 10.2 Å². The van der Waals surface area contributed by atoms with Crippen molar-refractivity contribution >= 4 is 0 Å². The van der Waals surface area contributed by atoms with Crippen LogP contribution in [0.3, 0.4) is 0 Å². The molecule has 1 unspecified atom stereocenters. The molecule has 0 amide bonds. The van der Waals surface area contributed by atoms with Crippen LogP contribution in [0.2, 0.25) is 0 Å². The molecule has 0 aliphatic carbocycles. The first-order valence-corrected chi connectivity index (χ1v) is 6.61. The molecule has 0 aromatic heterocycles. The Bertz CT molecular complexity index is 328. The van der Waals surface area contributed by atoms with E-state index in [1.165, 1.54) is 5.56 Å².